The second-order valence-corrected chi connectivity index (χ2v) is 6.84. The quantitative estimate of drug-likeness (QED) is 0.713. The highest BCUT2D eigenvalue weighted by Crippen LogP contribution is 2.21. The monoisotopic (exact) mass is 316 g/mol. The molecule has 0 saturated heterocycles. The molecule has 0 radical (unpaired) electrons. The van der Waals surface area contributed by atoms with Gasteiger partial charge in [-0.3, -0.25) is 0 Å². The first-order valence-electron chi connectivity index (χ1n) is 7.46. The van der Waals surface area contributed by atoms with Gasteiger partial charge in [0.05, 0.1) is 0 Å². The summed E-state index contributed by atoms with van der Waals surface area (Å²) in [4.78, 5) is -0.228. The normalized spacial score (nSPS) is 12.0. The average Bonchev–Trinajstić information content (AvgIpc) is 2.46. The summed E-state index contributed by atoms with van der Waals surface area (Å²) in [6.07, 6.45) is 1.69. The van der Waals surface area contributed by atoms with E-state index in [1.807, 2.05) is 6.92 Å². The number of hydrogen-bond donors (Lipinski definition) is 1. The molecule has 0 heterocycles. The number of halogens is 1. The predicted octanol–water partition coefficient (Wildman–Crippen LogP) is 2.75. The Kier molecular flexibility index (Phi) is 7.28. The molecule has 1 aromatic rings. The van der Waals surface area contributed by atoms with Crippen molar-refractivity contribution in [1.82, 2.24) is 9.62 Å². The van der Waals surface area contributed by atoms with Crippen molar-refractivity contribution in [2.45, 2.75) is 45.1 Å². The summed E-state index contributed by atoms with van der Waals surface area (Å²) in [7, 11) is -3.77. The highest BCUT2D eigenvalue weighted by atomic mass is 32.2. The van der Waals surface area contributed by atoms with Crippen LogP contribution < -0.4 is 5.32 Å². The lowest BCUT2D eigenvalue weighted by Gasteiger charge is -2.20. The molecule has 0 atom stereocenters. The van der Waals surface area contributed by atoms with Gasteiger partial charge in [0.1, 0.15) is 10.7 Å². The van der Waals surface area contributed by atoms with Gasteiger partial charge in [0.25, 0.3) is 0 Å². The van der Waals surface area contributed by atoms with Crippen molar-refractivity contribution >= 4 is 10.0 Å². The van der Waals surface area contributed by atoms with Crippen molar-refractivity contribution in [3.05, 3.63) is 29.6 Å². The lowest BCUT2D eigenvalue weighted by atomic mass is 10.2. The number of nitrogens with one attached hydrogen (secondary N) is 1. The van der Waals surface area contributed by atoms with Crippen molar-refractivity contribution in [3.8, 4) is 0 Å². The van der Waals surface area contributed by atoms with Gasteiger partial charge < -0.3 is 5.32 Å². The molecule has 0 aliphatic heterocycles. The average molecular weight is 316 g/mol. The zero-order valence-corrected chi connectivity index (χ0v) is 13.8. The van der Waals surface area contributed by atoms with E-state index in [2.05, 4.69) is 12.2 Å². The molecule has 0 fully saturated rings. The zero-order chi connectivity index (χ0) is 15.9. The predicted molar refractivity (Wildman–Crippen MR) is 83.1 cm³/mol. The molecule has 4 nitrogen and oxygen atoms in total. The van der Waals surface area contributed by atoms with Crippen molar-refractivity contribution in [3.63, 3.8) is 0 Å². The Labute approximate surface area is 127 Å². The fourth-order valence-electron chi connectivity index (χ4n) is 2.10. The van der Waals surface area contributed by atoms with Crippen molar-refractivity contribution < 1.29 is 12.8 Å². The first-order valence-corrected chi connectivity index (χ1v) is 8.90. The maximum absolute atomic E-state index is 14.0. The van der Waals surface area contributed by atoms with Crippen LogP contribution in [0.5, 0.6) is 0 Å². The molecule has 0 amide bonds. The van der Waals surface area contributed by atoms with E-state index in [0.29, 0.717) is 26.1 Å². The van der Waals surface area contributed by atoms with E-state index in [9.17, 15) is 12.8 Å². The summed E-state index contributed by atoms with van der Waals surface area (Å²) in [5.74, 6) is -0.691. The molecule has 0 aromatic heterocycles. The van der Waals surface area contributed by atoms with Gasteiger partial charge in [-0.25, -0.2) is 12.8 Å². The molecule has 21 heavy (non-hydrogen) atoms. The van der Waals surface area contributed by atoms with Crippen LogP contribution in [0.2, 0.25) is 0 Å². The van der Waals surface area contributed by atoms with E-state index < -0.39 is 15.8 Å². The van der Waals surface area contributed by atoms with Gasteiger partial charge >= 0.3 is 0 Å². The van der Waals surface area contributed by atoms with Crippen LogP contribution in [0, 0.1) is 5.82 Å². The Morgan fingerprint density at radius 1 is 1.19 bits per heavy atom. The van der Waals surface area contributed by atoms with E-state index in [1.54, 1.807) is 13.0 Å². The Hall–Kier alpha value is -0.980. The Morgan fingerprint density at radius 3 is 2.48 bits per heavy atom. The summed E-state index contributed by atoms with van der Waals surface area (Å²) >= 11 is 0. The number of hydrogen-bond acceptors (Lipinski definition) is 3. The molecule has 0 unspecified atom stereocenters. The van der Waals surface area contributed by atoms with Gasteiger partial charge in [0.2, 0.25) is 10.0 Å². The van der Waals surface area contributed by atoms with E-state index in [1.165, 1.54) is 16.4 Å². The Bertz CT molecular complexity index is 547. The van der Waals surface area contributed by atoms with Crippen LogP contribution >= 0.6 is 0 Å². The molecule has 0 spiro atoms. The number of nitrogens with zero attached hydrogens (tertiary/aromatic N) is 1. The maximum Gasteiger partial charge on any atom is 0.245 e. The van der Waals surface area contributed by atoms with Crippen molar-refractivity contribution in [2.24, 2.45) is 0 Å². The van der Waals surface area contributed by atoms with E-state index in [0.717, 1.165) is 18.5 Å². The largest absolute Gasteiger partial charge is 0.313 e. The van der Waals surface area contributed by atoms with Gasteiger partial charge in [0.15, 0.2) is 0 Å². The maximum atomic E-state index is 14.0. The summed E-state index contributed by atoms with van der Waals surface area (Å²) in [5, 5.41) is 3.19. The van der Waals surface area contributed by atoms with Crippen LogP contribution in [0.4, 0.5) is 4.39 Å². The number of sulfonamides is 1. The molecule has 0 aliphatic rings. The lowest BCUT2D eigenvalue weighted by Crippen LogP contribution is -2.32. The SMILES string of the molecule is CCCNCc1ccc(F)c(S(=O)(=O)N(CC)CCC)c1. The van der Waals surface area contributed by atoms with Gasteiger partial charge in [0, 0.05) is 19.6 Å². The van der Waals surface area contributed by atoms with Crippen LogP contribution in [-0.2, 0) is 16.6 Å². The zero-order valence-electron chi connectivity index (χ0n) is 13.0. The first kappa shape index (κ1) is 18.1. The molecule has 1 aromatic carbocycles. The van der Waals surface area contributed by atoms with Crippen molar-refractivity contribution in [1.29, 1.82) is 0 Å². The van der Waals surface area contributed by atoms with Gasteiger partial charge in [-0.2, -0.15) is 4.31 Å². The third-order valence-corrected chi connectivity index (χ3v) is 5.18. The molecule has 6 heteroatoms. The van der Waals surface area contributed by atoms with Gasteiger partial charge in [-0.05, 0) is 37.1 Å². The second-order valence-electron chi connectivity index (χ2n) is 4.94. The third-order valence-electron chi connectivity index (χ3n) is 3.20. The minimum absolute atomic E-state index is 0.228. The molecule has 0 aliphatic carbocycles. The highest BCUT2D eigenvalue weighted by molar-refractivity contribution is 7.89. The van der Waals surface area contributed by atoms with Crippen LogP contribution in [0.15, 0.2) is 23.1 Å². The Morgan fingerprint density at radius 2 is 1.90 bits per heavy atom. The molecule has 0 bridgehead atoms. The third kappa shape index (κ3) is 4.76. The smallest absolute Gasteiger partial charge is 0.245 e. The summed E-state index contributed by atoms with van der Waals surface area (Å²) in [6, 6.07) is 4.29. The van der Waals surface area contributed by atoms with Crippen LogP contribution in [0.1, 0.15) is 39.2 Å². The van der Waals surface area contributed by atoms with Crippen LogP contribution in [-0.4, -0.2) is 32.4 Å². The van der Waals surface area contributed by atoms with Crippen LogP contribution in [0.3, 0.4) is 0 Å². The summed E-state index contributed by atoms with van der Waals surface area (Å²) in [5.41, 5.74) is 0.774. The van der Waals surface area contributed by atoms with Gasteiger partial charge in [-0.1, -0.05) is 26.8 Å². The molecule has 1 rings (SSSR count). The van der Waals surface area contributed by atoms with E-state index in [-0.39, 0.29) is 4.90 Å². The topological polar surface area (TPSA) is 49.4 Å². The number of benzene rings is 1. The highest BCUT2D eigenvalue weighted by Gasteiger charge is 2.25. The standard InChI is InChI=1S/C15H25FN2O2S/c1-4-9-17-12-13-7-8-14(16)15(11-13)21(19,20)18(6-3)10-5-2/h7-8,11,17H,4-6,9-10,12H2,1-3H3. The van der Waals surface area contributed by atoms with Gasteiger partial charge in [-0.15, -0.1) is 0 Å². The molecular formula is C15H25FN2O2S. The molecular weight excluding hydrogens is 291 g/mol. The summed E-state index contributed by atoms with van der Waals surface area (Å²) in [6.45, 7) is 7.84. The minimum Gasteiger partial charge on any atom is -0.313 e. The second kappa shape index (κ2) is 8.46. The first-order chi connectivity index (χ1) is 9.97. The van der Waals surface area contributed by atoms with E-state index >= 15 is 0 Å². The van der Waals surface area contributed by atoms with Crippen LogP contribution in [0.25, 0.3) is 0 Å². The van der Waals surface area contributed by atoms with Crippen molar-refractivity contribution in [2.75, 3.05) is 19.6 Å². The fourth-order valence-corrected chi connectivity index (χ4v) is 3.76. The molecule has 1 N–H and O–H groups in total. The minimum atomic E-state index is -3.77. The Balaban J connectivity index is 3.07. The molecule has 0 saturated carbocycles. The fraction of sp³-hybridized carbons (Fsp3) is 0.600. The summed E-state index contributed by atoms with van der Waals surface area (Å²) < 4.78 is 40.3. The number of rotatable bonds is 9. The van der Waals surface area contributed by atoms with E-state index in [4.69, 9.17) is 0 Å². The molecule has 120 valence electrons. The lowest BCUT2D eigenvalue weighted by molar-refractivity contribution is 0.422.